The number of hydrogen-bond donors (Lipinski definition) is 2. The average molecular weight is 463 g/mol. The minimum atomic E-state index is -0.670. The smallest absolute Gasteiger partial charge is 0.246 e. The van der Waals surface area contributed by atoms with E-state index in [4.69, 9.17) is 9.84 Å². The van der Waals surface area contributed by atoms with Crippen LogP contribution in [0.15, 0.2) is 42.7 Å². The summed E-state index contributed by atoms with van der Waals surface area (Å²) in [5.41, 5.74) is 3.31. The van der Waals surface area contributed by atoms with Crippen LogP contribution in [0.4, 0.5) is 26.1 Å². The molecule has 1 aliphatic rings. The van der Waals surface area contributed by atoms with Crippen LogP contribution < -0.4 is 10.2 Å². The molecule has 0 saturated carbocycles. The van der Waals surface area contributed by atoms with Crippen LogP contribution in [0.2, 0.25) is 0 Å². The number of hydrogen-bond acceptors (Lipinski definition) is 7. The number of aliphatic hydroxyl groups excluding tert-OH is 1. The summed E-state index contributed by atoms with van der Waals surface area (Å²) in [6.45, 7) is 7.64. The summed E-state index contributed by atoms with van der Waals surface area (Å²) >= 11 is 0. The van der Waals surface area contributed by atoms with Gasteiger partial charge in [-0.3, -0.25) is 4.90 Å². The van der Waals surface area contributed by atoms with Crippen LogP contribution in [-0.4, -0.2) is 77.3 Å². The van der Waals surface area contributed by atoms with E-state index in [0.29, 0.717) is 19.2 Å². The van der Waals surface area contributed by atoms with Gasteiger partial charge in [0.05, 0.1) is 25.5 Å². The van der Waals surface area contributed by atoms with Gasteiger partial charge in [-0.1, -0.05) is 0 Å². The van der Waals surface area contributed by atoms with Crippen molar-refractivity contribution in [3.63, 3.8) is 0 Å². The van der Waals surface area contributed by atoms with Gasteiger partial charge in [-0.05, 0) is 42.8 Å². The number of aryl methyl sites for hydroxylation is 1. The van der Waals surface area contributed by atoms with Crippen molar-refractivity contribution >= 4 is 17.3 Å². The predicted molar refractivity (Wildman–Crippen MR) is 127 cm³/mol. The predicted octanol–water partition coefficient (Wildman–Crippen LogP) is 3.22. The molecule has 4 rings (SSSR count). The van der Waals surface area contributed by atoms with Gasteiger partial charge in [-0.15, -0.1) is 5.10 Å². The number of anilines is 3. The van der Waals surface area contributed by atoms with Gasteiger partial charge >= 0.3 is 0 Å². The molecule has 2 aromatic carbocycles. The van der Waals surface area contributed by atoms with Gasteiger partial charge in [0.15, 0.2) is 0 Å². The standard InChI is InChI=1S/C23H28F2N6O2.2H2/c1-17-10-20(27-23-26-16-31(28-23)22-13-18(24)12-19(25)14-22)15-21(11-17)30-4-2-29(3-5-30)6-8-33-9-7-32;;/h10-16,32H,2-9H2,1H3,(H,27,28);2*1H. The number of aromatic nitrogens is 3. The zero-order valence-corrected chi connectivity index (χ0v) is 18.5. The molecule has 2 heterocycles. The highest BCUT2D eigenvalue weighted by Crippen LogP contribution is 2.25. The van der Waals surface area contributed by atoms with Crippen LogP contribution in [0.3, 0.4) is 0 Å². The second-order valence-corrected chi connectivity index (χ2v) is 7.99. The quantitative estimate of drug-likeness (QED) is 0.473. The van der Waals surface area contributed by atoms with Crippen molar-refractivity contribution in [1.82, 2.24) is 19.7 Å². The second kappa shape index (κ2) is 10.7. The van der Waals surface area contributed by atoms with E-state index in [-0.39, 0.29) is 15.1 Å². The number of benzene rings is 2. The zero-order chi connectivity index (χ0) is 23.2. The lowest BCUT2D eigenvalue weighted by molar-refractivity contribution is 0.0724. The van der Waals surface area contributed by atoms with Crippen molar-refractivity contribution < 1.29 is 21.5 Å². The first-order chi connectivity index (χ1) is 16.0. The van der Waals surface area contributed by atoms with E-state index in [2.05, 4.69) is 37.3 Å². The fourth-order valence-electron chi connectivity index (χ4n) is 3.85. The molecule has 1 aliphatic heterocycles. The Bertz CT molecular complexity index is 1060. The van der Waals surface area contributed by atoms with E-state index in [1.54, 1.807) is 0 Å². The molecule has 0 amide bonds. The number of rotatable bonds is 9. The fraction of sp³-hybridized carbons (Fsp3) is 0.391. The first-order valence-corrected chi connectivity index (χ1v) is 10.9. The first kappa shape index (κ1) is 23.1. The average Bonchev–Trinajstić information content (AvgIpc) is 3.25. The number of nitrogens with zero attached hydrogens (tertiary/aromatic N) is 5. The summed E-state index contributed by atoms with van der Waals surface area (Å²) in [6, 6.07) is 9.41. The maximum Gasteiger partial charge on any atom is 0.246 e. The highest BCUT2D eigenvalue weighted by atomic mass is 19.1. The molecule has 1 aromatic heterocycles. The highest BCUT2D eigenvalue weighted by molar-refractivity contribution is 5.64. The second-order valence-electron chi connectivity index (χ2n) is 7.99. The number of aliphatic hydroxyl groups is 1. The van der Waals surface area contributed by atoms with Crippen molar-refractivity contribution in [1.29, 1.82) is 0 Å². The van der Waals surface area contributed by atoms with Crippen molar-refractivity contribution in [2.24, 2.45) is 0 Å². The Balaban J connectivity index is 0.00000216. The van der Waals surface area contributed by atoms with Gasteiger partial charge < -0.3 is 20.1 Å². The van der Waals surface area contributed by atoms with Crippen LogP contribution >= 0.6 is 0 Å². The summed E-state index contributed by atoms with van der Waals surface area (Å²) in [5, 5.41) is 16.3. The highest BCUT2D eigenvalue weighted by Gasteiger charge is 2.18. The van der Waals surface area contributed by atoms with Gasteiger partial charge in [0.1, 0.15) is 18.0 Å². The van der Waals surface area contributed by atoms with Crippen molar-refractivity contribution in [3.8, 4) is 5.69 Å². The third-order valence-corrected chi connectivity index (χ3v) is 5.45. The van der Waals surface area contributed by atoms with E-state index in [9.17, 15) is 8.78 Å². The van der Waals surface area contributed by atoms with Gasteiger partial charge in [-0.25, -0.2) is 13.5 Å². The molecule has 180 valence electrons. The maximum atomic E-state index is 13.5. The Morgan fingerprint density at radius 3 is 2.48 bits per heavy atom. The third kappa shape index (κ3) is 6.25. The molecule has 0 spiro atoms. The molecular weight excluding hydrogens is 430 g/mol. The summed E-state index contributed by atoms with van der Waals surface area (Å²) in [7, 11) is 0. The molecule has 0 bridgehead atoms. The molecular formula is C23H32F2N6O2. The lowest BCUT2D eigenvalue weighted by Gasteiger charge is -2.36. The Labute approximate surface area is 194 Å². The van der Waals surface area contributed by atoms with Gasteiger partial charge in [0.2, 0.25) is 5.95 Å². The first-order valence-electron chi connectivity index (χ1n) is 10.9. The van der Waals surface area contributed by atoms with Crippen LogP contribution in [-0.2, 0) is 4.74 Å². The molecule has 1 fully saturated rings. The molecule has 0 atom stereocenters. The normalized spacial score (nSPS) is 14.6. The number of ether oxygens (including phenoxy) is 1. The van der Waals surface area contributed by atoms with E-state index >= 15 is 0 Å². The van der Waals surface area contributed by atoms with Crippen molar-refractivity contribution in [2.75, 3.05) is 62.8 Å². The summed E-state index contributed by atoms with van der Waals surface area (Å²) < 4.78 is 33.7. The summed E-state index contributed by atoms with van der Waals surface area (Å²) in [4.78, 5) is 8.91. The molecule has 2 N–H and O–H groups in total. The zero-order valence-electron chi connectivity index (χ0n) is 18.5. The van der Waals surface area contributed by atoms with Gasteiger partial charge in [0, 0.05) is 53.0 Å². The molecule has 33 heavy (non-hydrogen) atoms. The summed E-state index contributed by atoms with van der Waals surface area (Å²) in [5.74, 6) is -1.00. The monoisotopic (exact) mass is 462 g/mol. The molecule has 10 heteroatoms. The largest absolute Gasteiger partial charge is 0.394 e. The fourth-order valence-corrected chi connectivity index (χ4v) is 3.85. The van der Waals surface area contributed by atoms with E-state index < -0.39 is 11.6 Å². The molecule has 1 saturated heterocycles. The van der Waals surface area contributed by atoms with Gasteiger partial charge in [-0.2, -0.15) is 4.98 Å². The Morgan fingerprint density at radius 1 is 1.00 bits per heavy atom. The number of halogens is 2. The lowest BCUT2D eigenvalue weighted by atomic mass is 10.1. The van der Waals surface area contributed by atoms with Gasteiger partial charge in [0.25, 0.3) is 0 Å². The topological polar surface area (TPSA) is 78.7 Å². The third-order valence-electron chi connectivity index (χ3n) is 5.45. The van der Waals surface area contributed by atoms with E-state index in [1.165, 1.54) is 23.1 Å². The van der Waals surface area contributed by atoms with E-state index in [0.717, 1.165) is 55.7 Å². The van der Waals surface area contributed by atoms with E-state index in [1.807, 2.05) is 13.0 Å². The Hall–Kier alpha value is -3.08. The van der Waals surface area contributed by atoms with Crippen LogP contribution in [0, 0.1) is 18.6 Å². The summed E-state index contributed by atoms with van der Waals surface area (Å²) in [6.07, 6.45) is 1.41. The number of piperazine rings is 1. The molecule has 8 nitrogen and oxygen atoms in total. The molecule has 3 aromatic rings. The van der Waals surface area contributed by atoms with Crippen LogP contribution in [0.5, 0.6) is 0 Å². The Kier molecular flexibility index (Phi) is 7.48. The van der Waals surface area contributed by atoms with Crippen molar-refractivity contribution in [3.05, 3.63) is 59.9 Å². The number of nitrogens with one attached hydrogen (secondary N) is 1. The van der Waals surface area contributed by atoms with Crippen LogP contribution in [0.25, 0.3) is 5.69 Å². The maximum absolute atomic E-state index is 13.5. The SMILES string of the molecule is Cc1cc(Nc2ncn(-c3cc(F)cc(F)c3)n2)cc(N2CCN(CCOCCO)CC2)c1.[HH].[HH]. The minimum Gasteiger partial charge on any atom is -0.394 e. The van der Waals surface area contributed by atoms with Crippen molar-refractivity contribution in [2.45, 2.75) is 6.92 Å². The Morgan fingerprint density at radius 2 is 1.76 bits per heavy atom. The van der Waals surface area contributed by atoms with Crippen LogP contribution in [0.1, 0.15) is 8.42 Å². The molecule has 0 aliphatic carbocycles. The molecule has 0 radical (unpaired) electrons. The minimum absolute atomic E-state index is 0. The lowest BCUT2D eigenvalue weighted by Crippen LogP contribution is -2.47. The molecule has 0 unspecified atom stereocenters.